The Morgan fingerprint density at radius 3 is 2.54 bits per heavy atom. The predicted octanol–water partition coefficient (Wildman–Crippen LogP) is 2.31. The number of amides is 1. The molecule has 0 aromatic carbocycles. The Morgan fingerprint density at radius 2 is 2.04 bits per heavy atom. The fraction of sp³-hybridized carbons (Fsp3) is 0.615. The molecule has 6 nitrogen and oxygen atoms in total. The van der Waals surface area contributed by atoms with Crippen LogP contribution >= 0.6 is 35.3 Å². The van der Waals surface area contributed by atoms with Crippen molar-refractivity contribution < 1.29 is 18.0 Å². The van der Waals surface area contributed by atoms with Crippen molar-refractivity contribution in [3.63, 3.8) is 0 Å². The molecule has 1 aromatic heterocycles. The zero-order chi connectivity index (χ0) is 17.5. The van der Waals surface area contributed by atoms with Crippen molar-refractivity contribution >= 4 is 47.2 Å². The summed E-state index contributed by atoms with van der Waals surface area (Å²) in [6.07, 6.45) is -3.60. The van der Waals surface area contributed by atoms with E-state index in [1.54, 1.807) is 14.1 Å². The van der Waals surface area contributed by atoms with Crippen molar-refractivity contribution in [3.05, 3.63) is 16.1 Å². The van der Waals surface area contributed by atoms with Crippen molar-refractivity contribution in [1.82, 2.24) is 20.5 Å². The van der Waals surface area contributed by atoms with E-state index in [0.717, 1.165) is 23.1 Å². The standard InChI is InChI=1S/C13H20F3N5OS.HI/c1-4-5-17-12(19-7-11(22)21(2)3)18-6-10-20-9(8-23-10)13(14,15)16;/h8H,4-7H2,1-3H3,(H2,17,18,19);1H. The van der Waals surface area contributed by atoms with Crippen LogP contribution in [0.5, 0.6) is 0 Å². The van der Waals surface area contributed by atoms with E-state index in [9.17, 15) is 18.0 Å². The van der Waals surface area contributed by atoms with Gasteiger partial charge in [0.1, 0.15) is 11.6 Å². The van der Waals surface area contributed by atoms with Crippen LogP contribution in [0.25, 0.3) is 0 Å². The lowest BCUT2D eigenvalue weighted by Crippen LogP contribution is -2.38. The number of carbonyl (C=O) groups excluding carboxylic acids is 1. The molecule has 11 heteroatoms. The second-order valence-corrected chi connectivity index (χ2v) is 5.80. The molecule has 0 aliphatic carbocycles. The number of hydrogen-bond acceptors (Lipinski definition) is 4. The highest BCUT2D eigenvalue weighted by atomic mass is 127. The Kier molecular flexibility index (Phi) is 10.2. The monoisotopic (exact) mass is 479 g/mol. The fourth-order valence-corrected chi connectivity index (χ4v) is 2.13. The van der Waals surface area contributed by atoms with Crippen LogP contribution in [-0.4, -0.2) is 48.9 Å². The van der Waals surface area contributed by atoms with Crippen molar-refractivity contribution in [1.29, 1.82) is 0 Å². The molecule has 0 saturated heterocycles. The van der Waals surface area contributed by atoms with Crippen LogP contribution < -0.4 is 10.6 Å². The summed E-state index contributed by atoms with van der Waals surface area (Å²) in [7, 11) is 3.25. The zero-order valence-corrected chi connectivity index (χ0v) is 16.8. The van der Waals surface area contributed by atoms with Crippen LogP contribution in [0.1, 0.15) is 24.0 Å². The summed E-state index contributed by atoms with van der Waals surface area (Å²) in [5.41, 5.74) is -0.901. The molecule has 0 aliphatic heterocycles. The Hall–Kier alpha value is -1.11. The lowest BCUT2D eigenvalue weighted by Gasteiger charge is -2.12. The molecule has 138 valence electrons. The fourth-order valence-electron chi connectivity index (χ4n) is 1.39. The van der Waals surface area contributed by atoms with Gasteiger partial charge in [0, 0.05) is 26.0 Å². The van der Waals surface area contributed by atoms with Crippen molar-refractivity contribution in [2.75, 3.05) is 27.2 Å². The van der Waals surface area contributed by atoms with Gasteiger partial charge >= 0.3 is 6.18 Å². The number of aromatic nitrogens is 1. The predicted molar refractivity (Wildman–Crippen MR) is 98.7 cm³/mol. The minimum Gasteiger partial charge on any atom is -0.356 e. The van der Waals surface area contributed by atoms with Gasteiger partial charge in [0.05, 0.1) is 6.54 Å². The number of alkyl halides is 3. The van der Waals surface area contributed by atoms with Gasteiger partial charge in [0.15, 0.2) is 11.7 Å². The topological polar surface area (TPSA) is 69.6 Å². The molecule has 0 aliphatic rings. The molecular weight excluding hydrogens is 458 g/mol. The SMILES string of the molecule is CCCNC(=NCC(=O)N(C)C)NCc1nc(C(F)(F)F)cs1.I. The summed E-state index contributed by atoms with van der Waals surface area (Å²) in [5.74, 6) is 0.196. The summed E-state index contributed by atoms with van der Waals surface area (Å²) in [6, 6.07) is 0. The number of nitrogens with zero attached hydrogens (tertiary/aromatic N) is 3. The summed E-state index contributed by atoms with van der Waals surface area (Å²) in [5, 5.41) is 7.14. The van der Waals surface area contributed by atoms with Crippen LogP contribution in [0.4, 0.5) is 13.2 Å². The van der Waals surface area contributed by atoms with Crippen molar-refractivity contribution in [2.24, 2.45) is 4.99 Å². The minimum atomic E-state index is -4.44. The molecule has 1 amide bonds. The molecular formula is C13H21F3IN5OS. The van der Waals surface area contributed by atoms with Gasteiger partial charge < -0.3 is 15.5 Å². The molecule has 2 N–H and O–H groups in total. The van der Waals surface area contributed by atoms with Gasteiger partial charge in [-0.25, -0.2) is 9.98 Å². The Balaban J connectivity index is 0.00000529. The first-order valence-corrected chi connectivity index (χ1v) is 7.86. The quantitative estimate of drug-likeness (QED) is 0.374. The highest BCUT2D eigenvalue weighted by Crippen LogP contribution is 2.29. The highest BCUT2D eigenvalue weighted by Gasteiger charge is 2.33. The van der Waals surface area contributed by atoms with Crippen molar-refractivity contribution in [3.8, 4) is 0 Å². The molecule has 1 aromatic rings. The molecule has 0 bridgehead atoms. The molecule has 0 saturated carbocycles. The van der Waals surface area contributed by atoms with E-state index in [0.29, 0.717) is 17.5 Å². The maximum atomic E-state index is 12.5. The lowest BCUT2D eigenvalue weighted by atomic mass is 10.5. The third-order valence-electron chi connectivity index (χ3n) is 2.66. The van der Waals surface area contributed by atoms with Gasteiger partial charge in [0.25, 0.3) is 0 Å². The minimum absolute atomic E-state index is 0. The number of guanidine groups is 1. The van der Waals surface area contributed by atoms with E-state index in [2.05, 4.69) is 20.6 Å². The number of aliphatic imine (C=N–C) groups is 1. The third kappa shape index (κ3) is 8.13. The van der Waals surface area contributed by atoms with E-state index in [1.165, 1.54) is 4.90 Å². The van der Waals surface area contributed by atoms with Crippen LogP contribution in [0.15, 0.2) is 10.4 Å². The number of rotatable bonds is 6. The van der Waals surface area contributed by atoms with Gasteiger partial charge in [-0.3, -0.25) is 4.79 Å². The summed E-state index contributed by atoms with van der Waals surface area (Å²) >= 11 is 0.920. The first kappa shape index (κ1) is 22.9. The third-order valence-corrected chi connectivity index (χ3v) is 3.51. The molecule has 1 heterocycles. The second kappa shape index (κ2) is 10.7. The van der Waals surface area contributed by atoms with E-state index in [1.807, 2.05) is 6.92 Å². The Morgan fingerprint density at radius 1 is 1.38 bits per heavy atom. The average Bonchev–Trinajstić information content (AvgIpc) is 2.95. The number of halogens is 4. The van der Waals surface area contributed by atoms with Gasteiger partial charge in [-0.05, 0) is 6.42 Å². The first-order chi connectivity index (χ1) is 10.7. The van der Waals surface area contributed by atoms with Gasteiger partial charge in [-0.2, -0.15) is 13.2 Å². The van der Waals surface area contributed by atoms with Crippen LogP contribution in [0.3, 0.4) is 0 Å². The van der Waals surface area contributed by atoms with E-state index in [-0.39, 0.29) is 43.0 Å². The zero-order valence-electron chi connectivity index (χ0n) is 13.6. The molecule has 0 radical (unpaired) electrons. The second-order valence-electron chi connectivity index (χ2n) is 4.86. The van der Waals surface area contributed by atoms with Gasteiger partial charge in [0.2, 0.25) is 5.91 Å². The Bertz CT molecular complexity index is 548. The van der Waals surface area contributed by atoms with Crippen LogP contribution in [0, 0.1) is 0 Å². The number of thiazole rings is 1. The lowest BCUT2D eigenvalue weighted by molar-refractivity contribution is -0.140. The number of hydrogen-bond donors (Lipinski definition) is 2. The largest absolute Gasteiger partial charge is 0.434 e. The number of carbonyl (C=O) groups is 1. The van der Waals surface area contributed by atoms with Crippen molar-refractivity contribution in [2.45, 2.75) is 26.1 Å². The molecule has 0 fully saturated rings. The van der Waals surface area contributed by atoms with Crippen LogP contribution in [0.2, 0.25) is 0 Å². The summed E-state index contributed by atoms with van der Waals surface area (Å²) in [4.78, 5) is 20.6. The summed E-state index contributed by atoms with van der Waals surface area (Å²) < 4.78 is 37.5. The van der Waals surface area contributed by atoms with E-state index < -0.39 is 11.9 Å². The molecule has 0 atom stereocenters. The van der Waals surface area contributed by atoms with Crippen LogP contribution in [-0.2, 0) is 17.5 Å². The van der Waals surface area contributed by atoms with E-state index in [4.69, 9.17) is 0 Å². The molecule has 1 rings (SSSR count). The molecule has 0 spiro atoms. The van der Waals surface area contributed by atoms with E-state index >= 15 is 0 Å². The average molecular weight is 479 g/mol. The molecule has 24 heavy (non-hydrogen) atoms. The Labute approximate surface area is 159 Å². The van der Waals surface area contributed by atoms with Gasteiger partial charge in [-0.15, -0.1) is 35.3 Å². The number of nitrogens with one attached hydrogen (secondary N) is 2. The highest BCUT2D eigenvalue weighted by molar-refractivity contribution is 14.0. The first-order valence-electron chi connectivity index (χ1n) is 6.98. The maximum Gasteiger partial charge on any atom is 0.434 e. The smallest absolute Gasteiger partial charge is 0.356 e. The van der Waals surface area contributed by atoms with Gasteiger partial charge in [-0.1, -0.05) is 6.92 Å². The maximum absolute atomic E-state index is 12.5. The number of likely N-dealkylation sites (N-methyl/N-ethyl adjacent to an activating group) is 1. The summed E-state index contributed by atoms with van der Waals surface area (Å²) in [6.45, 7) is 2.66. The normalized spacial score (nSPS) is 11.7. The molecule has 0 unspecified atom stereocenters.